The highest BCUT2D eigenvalue weighted by atomic mass is 35.5. The Labute approximate surface area is 134 Å². The molecule has 2 nitrogen and oxygen atoms in total. The quantitative estimate of drug-likeness (QED) is 0.782. The molecule has 3 rings (SSSR count). The number of allylic oxidation sites excluding steroid dienone is 1. The van der Waals surface area contributed by atoms with E-state index >= 15 is 0 Å². The maximum atomic E-state index is 11.3. The summed E-state index contributed by atoms with van der Waals surface area (Å²) in [5, 5.41) is 9.87. The minimum atomic E-state index is -0.962. The lowest BCUT2D eigenvalue weighted by Crippen LogP contribution is -1.97. The molecule has 110 valence electrons. The predicted molar refractivity (Wildman–Crippen MR) is 90.8 cm³/mol. The van der Waals surface area contributed by atoms with E-state index in [1.54, 1.807) is 0 Å². The second-order valence-electron chi connectivity index (χ2n) is 5.20. The number of benzene rings is 2. The van der Waals surface area contributed by atoms with Gasteiger partial charge in [0.2, 0.25) is 0 Å². The van der Waals surface area contributed by atoms with Gasteiger partial charge in [-0.25, -0.2) is 4.79 Å². The zero-order chi connectivity index (χ0) is 15.7. The SMILES string of the molecule is CCC1=Cc2ccc(Cl)cc2/C(=C/C(=O)O)c2ccccc21. The third kappa shape index (κ3) is 2.58. The first-order valence-electron chi connectivity index (χ1n) is 7.15. The molecule has 0 spiro atoms. The van der Waals surface area contributed by atoms with Crippen molar-refractivity contribution in [3.8, 4) is 0 Å². The van der Waals surface area contributed by atoms with Gasteiger partial charge in [-0.05, 0) is 52.0 Å². The third-order valence-electron chi connectivity index (χ3n) is 3.85. The predicted octanol–water partition coefficient (Wildman–Crippen LogP) is 5.12. The normalized spacial score (nSPS) is 14.8. The Balaban J connectivity index is 2.40. The first kappa shape index (κ1) is 14.6. The zero-order valence-corrected chi connectivity index (χ0v) is 12.9. The van der Waals surface area contributed by atoms with E-state index in [1.807, 2.05) is 42.5 Å². The van der Waals surface area contributed by atoms with Crippen LogP contribution in [0.2, 0.25) is 5.02 Å². The zero-order valence-electron chi connectivity index (χ0n) is 12.1. The average Bonchev–Trinajstić information content (AvgIpc) is 2.63. The van der Waals surface area contributed by atoms with E-state index in [-0.39, 0.29) is 0 Å². The van der Waals surface area contributed by atoms with Crippen LogP contribution < -0.4 is 0 Å². The third-order valence-corrected chi connectivity index (χ3v) is 4.08. The van der Waals surface area contributed by atoms with E-state index in [4.69, 9.17) is 11.6 Å². The van der Waals surface area contributed by atoms with Crippen molar-refractivity contribution in [3.63, 3.8) is 0 Å². The smallest absolute Gasteiger partial charge is 0.328 e. The number of halogens is 1. The van der Waals surface area contributed by atoms with Crippen LogP contribution in [-0.4, -0.2) is 11.1 Å². The van der Waals surface area contributed by atoms with E-state index in [0.717, 1.165) is 28.7 Å². The Morgan fingerprint density at radius 3 is 2.55 bits per heavy atom. The molecule has 0 aromatic heterocycles. The van der Waals surface area contributed by atoms with Crippen molar-refractivity contribution in [3.05, 3.63) is 75.8 Å². The topological polar surface area (TPSA) is 37.3 Å². The first-order chi connectivity index (χ1) is 10.6. The number of carboxylic acid groups (broad SMARTS) is 1. The maximum Gasteiger partial charge on any atom is 0.328 e. The van der Waals surface area contributed by atoms with Crippen molar-refractivity contribution in [2.24, 2.45) is 0 Å². The van der Waals surface area contributed by atoms with E-state index in [9.17, 15) is 9.90 Å². The Hall–Kier alpha value is -2.32. The van der Waals surface area contributed by atoms with Crippen molar-refractivity contribution in [2.75, 3.05) is 0 Å². The first-order valence-corrected chi connectivity index (χ1v) is 7.53. The van der Waals surface area contributed by atoms with Gasteiger partial charge in [0, 0.05) is 11.1 Å². The molecule has 0 amide bonds. The minimum absolute atomic E-state index is 0.598. The number of hydrogen-bond acceptors (Lipinski definition) is 1. The summed E-state index contributed by atoms with van der Waals surface area (Å²) in [6.07, 6.45) is 4.26. The lowest BCUT2D eigenvalue weighted by Gasteiger charge is -2.12. The fourth-order valence-corrected chi connectivity index (χ4v) is 3.04. The molecule has 0 bridgehead atoms. The van der Waals surface area contributed by atoms with Gasteiger partial charge in [0.1, 0.15) is 0 Å². The minimum Gasteiger partial charge on any atom is -0.478 e. The van der Waals surface area contributed by atoms with Gasteiger partial charge in [-0.3, -0.25) is 0 Å². The number of hydrogen-bond donors (Lipinski definition) is 1. The summed E-state index contributed by atoms with van der Waals surface area (Å²) in [5.41, 5.74) is 5.73. The largest absolute Gasteiger partial charge is 0.478 e. The van der Waals surface area contributed by atoms with Crippen LogP contribution in [0.5, 0.6) is 0 Å². The molecule has 0 saturated carbocycles. The van der Waals surface area contributed by atoms with E-state index < -0.39 is 5.97 Å². The molecule has 0 unspecified atom stereocenters. The summed E-state index contributed by atoms with van der Waals surface area (Å²) in [4.78, 5) is 11.3. The van der Waals surface area contributed by atoms with Gasteiger partial charge in [0.05, 0.1) is 0 Å². The molecule has 2 aromatic rings. The molecule has 0 saturated heterocycles. The van der Waals surface area contributed by atoms with Gasteiger partial charge in [0.15, 0.2) is 0 Å². The Kier molecular flexibility index (Phi) is 3.86. The van der Waals surface area contributed by atoms with Crippen LogP contribution in [0, 0.1) is 0 Å². The van der Waals surface area contributed by atoms with Crippen LogP contribution in [0.4, 0.5) is 0 Å². The molecule has 0 aliphatic heterocycles. The highest BCUT2D eigenvalue weighted by molar-refractivity contribution is 6.31. The summed E-state index contributed by atoms with van der Waals surface area (Å²) in [6.45, 7) is 2.10. The van der Waals surface area contributed by atoms with Crippen molar-refractivity contribution in [2.45, 2.75) is 13.3 Å². The Morgan fingerprint density at radius 1 is 1.14 bits per heavy atom. The fourth-order valence-electron chi connectivity index (χ4n) is 2.87. The molecule has 22 heavy (non-hydrogen) atoms. The monoisotopic (exact) mass is 310 g/mol. The Morgan fingerprint density at radius 2 is 1.86 bits per heavy atom. The molecule has 0 radical (unpaired) electrons. The van der Waals surface area contributed by atoms with Crippen LogP contribution in [0.15, 0.2) is 48.5 Å². The number of fused-ring (bicyclic) bond motifs is 2. The van der Waals surface area contributed by atoms with Crippen molar-refractivity contribution >= 4 is 34.8 Å². The van der Waals surface area contributed by atoms with E-state index in [2.05, 4.69) is 13.0 Å². The second kappa shape index (κ2) is 5.82. The van der Waals surface area contributed by atoms with Gasteiger partial charge < -0.3 is 5.11 Å². The summed E-state index contributed by atoms with van der Waals surface area (Å²) < 4.78 is 0. The van der Waals surface area contributed by atoms with Crippen molar-refractivity contribution in [1.82, 2.24) is 0 Å². The molecule has 0 fully saturated rings. The summed E-state index contributed by atoms with van der Waals surface area (Å²) >= 11 is 6.13. The van der Waals surface area contributed by atoms with Gasteiger partial charge in [-0.2, -0.15) is 0 Å². The molecule has 3 heteroatoms. The highest BCUT2D eigenvalue weighted by Gasteiger charge is 2.19. The molecular weight excluding hydrogens is 296 g/mol. The maximum absolute atomic E-state index is 11.3. The molecule has 2 aromatic carbocycles. The molecular formula is C19H15ClO2. The molecule has 0 heterocycles. The summed E-state index contributed by atoms with van der Waals surface area (Å²) in [6, 6.07) is 13.5. The number of rotatable bonds is 2. The lowest BCUT2D eigenvalue weighted by molar-refractivity contribution is -0.131. The molecule has 1 N–H and O–H groups in total. The standard InChI is InChI=1S/C19H15ClO2/c1-2-12-9-13-7-8-14(20)10-17(13)18(11-19(21)22)16-6-4-3-5-15(12)16/h3-11H,2H2,1H3,(H,21,22)/b18-11+. The number of carbonyl (C=O) groups is 1. The average molecular weight is 311 g/mol. The van der Waals surface area contributed by atoms with Gasteiger partial charge >= 0.3 is 5.97 Å². The molecule has 0 atom stereocenters. The van der Waals surface area contributed by atoms with Crippen LogP contribution in [0.25, 0.3) is 17.2 Å². The molecule has 1 aliphatic carbocycles. The highest BCUT2D eigenvalue weighted by Crippen LogP contribution is 2.39. The van der Waals surface area contributed by atoms with Gasteiger partial charge in [-0.15, -0.1) is 0 Å². The van der Waals surface area contributed by atoms with Gasteiger partial charge in [-0.1, -0.05) is 54.9 Å². The van der Waals surface area contributed by atoms with Crippen LogP contribution in [0.1, 0.15) is 35.6 Å². The number of aliphatic carboxylic acids is 1. The second-order valence-corrected chi connectivity index (χ2v) is 5.63. The summed E-state index contributed by atoms with van der Waals surface area (Å²) in [7, 11) is 0. The lowest BCUT2D eigenvalue weighted by atomic mass is 9.92. The fraction of sp³-hybridized carbons (Fsp3) is 0.105. The Bertz CT molecular complexity index is 816. The number of carboxylic acids is 1. The van der Waals surface area contributed by atoms with Crippen LogP contribution in [-0.2, 0) is 4.79 Å². The van der Waals surface area contributed by atoms with E-state index in [0.29, 0.717) is 10.6 Å². The van der Waals surface area contributed by atoms with Crippen LogP contribution in [0.3, 0.4) is 0 Å². The molecule has 1 aliphatic rings. The van der Waals surface area contributed by atoms with Gasteiger partial charge in [0.25, 0.3) is 0 Å². The van der Waals surface area contributed by atoms with Crippen LogP contribution >= 0.6 is 11.6 Å². The van der Waals surface area contributed by atoms with E-state index in [1.165, 1.54) is 11.6 Å². The summed E-state index contributed by atoms with van der Waals surface area (Å²) in [5.74, 6) is -0.962. The van der Waals surface area contributed by atoms with Crippen molar-refractivity contribution in [1.29, 1.82) is 0 Å². The van der Waals surface area contributed by atoms with Crippen molar-refractivity contribution < 1.29 is 9.90 Å².